The third-order valence-electron chi connectivity index (χ3n) is 3.41. The van der Waals surface area contributed by atoms with Gasteiger partial charge in [-0.2, -0.15) is 0 Å². The molecule has 0 radical (unpaired) electrons. The number of amides is 1. The van der Waals surface area contributed by atoms with E-state index < -0.39 is 11.7 Å². The summed E-state index contributed by atoms with van der Waals surface area (Å²) in [6, 6.07) is 5.21. The Balaban J connectivity index is 2.15. The van der Waals surface area contributed by atoms with Gasteiger partial charge in [0.05, 0.1) is 18.4 Å². The van der Waals surface area contributed by atoms with E-state index in [0.717, 1.165) is 25.7 Å². The van der Waals surface area contributed by atoms with Crippen molar-refractivity contribution < 1.29 is 14.3 Å². The molecule has 0 atom stereocenters. The van der Waals surface area contributed by atoms with E-state index in [4.69, 9.17) is 4.74 Å². The molecule has 1 aromatic carbocycles. The van der Waals surface area contributed by atoms with Crippen LogP contribution in [-0.4, -0.2) is 25.3 Å². The Morgan fingerprint density at radius 2 is 1.95 bits per heavy atom. The van der Waals surface area contributed by atoms with Gasteiger partial charge in [0.1, 0.15) is 5.75 Å². The maximum absolute atomic E-state index is 12.0. The predicted octanol–water partition coefficient (Wildman–Crippen LogP) is 2.80. The molecule has 0 bridgehead atoms. The summed E-state index contributed by atoms with van der Waals surface area (Å²) in [6.07, 6.45) is 4.32. The molecule has 0 N–H and O–H groups in total. The van der Waals surface area contributed by atoms with Crippen molar-refractivity contribution in [3.8, 4) is 5.75 Å². The van der Waals surface area contributed by atoms with Gasteiger partial charge in [-0.1, -0.05) is 26.2 Å². The molecule has 102 valence electrons. The first-order valence-electron chi connectivity index (χ1n) is 6.73. The second kappa shape index (κ2) is 5.87. The molecule has 0 aliphatic carbocycles. The number of carbonyl (C=O) groups is 2. The fourth-order valence-electron chi connectivity index (χ4n) is 2.33. The van der Waals surface area contributed by atoms with E-state index in [2.05, 4.69) is 6.92 Å². The molecule has 0 fully saturated rings. The number of ketones is 1. The fraction of sp³-hybridized carbons (Fsp3) is 0.467. The maximum Gasteiger partial charge on any atom is 0.299 e. The average Bonchev–Trinajstić information content (AvgIpc) is 2.67. The van der Waals surface area contributed by atoms with Crippen LogP contribution in [0.1, 0.15) is 43.0 Å². The highest BCUT2D eigenvalue weighted by molar-refractivity contribution is 6.52. The lowest BCUT2D eigenvalue weighted by atomic mass is 10.1. The number of Topliss-reactive ketones (excluding diaryl/α,β-unsaturated/α-hetero) is 1. The largest absolute Gasteiger partial charge is 0.497 e. The summed E-state index contributed by atoms with van der Waals surface area (Å²) in [4.78, 5) is 25.5. The molecule has 0 aromatic heterocycles. The number of hydrogen-bond acceptors (Lipinski definition) is 3. The van der Waals surface area contributed by atoms with E-state index >= 15 is 0 Å². The van der Waals surface area contributed by atoms with Gasteiger partial charge in [-0.15, -0.1) is 0 Å². The van der Waals surface area contributed by atoms with Gasteiger partial charge in [0.15, 0.2) is 0 Å². The number of rotatable bonds is 6. The van der Waals surface area contributed by atoms with Crippen molar-refractivity contribution in [1.82, 2.24) is 0 Å². The predicted molar refractivity (Wildman–Crippen MR) is 73.8 cm³/mol. The molecule has 1 aliphatic rings. The van der Waals surface area contributed by atoms with Gasteiger partial charge < -0.3 is 9.64 Å². The van der Waals surface area contributed by atoms with E-state index in [0.29, 0.717) is 23.5 Å². The van der Waals surface area contributed by atoms with Crippen LogP contribution in [0, 0.1) is 0 Å². The van der Waals surface area contributed by atoms with Crippen LogP contribution in [0.2, 0.25) is 0 Å². The van der Waals surface area contributed by atoms with Crippen molar-refractivity contribution in [1.29, 1.82) is 0 Å². The van der Waals surface area contributed by atoms with Gasteiger partial charge >= 0.3 is 0 Å². The molecule has 19 heavy (non-hydrogen) atoms. The lowest BCUT2D eigenvalue weighted by Gasteiger charge is -2.16. The third kappa shape index (κ3) is 2.62. The third-order valence-corrected chi connectivity index (χ3v) is 3.41. The number of methoxy groups -OCH3 is 1. The number of unbranched alkanes of at least 4 members (excludes halogenated alkanes) is 3. The average molecular weight is 261 g/mol. The summed E-state index contributed by atoms with van der Waals surface area (Å²) in [5, 5.41) is 0. The Hall–Kier alpha value is -1.84. The van der Waals surface area contributed by atoms with E-state index in [1.54, 1.807) is 30.2 Å². The SMILES string of the molecule is CCCCCCN1C(=O)C(=O)c2cc(OC)ccc21. The summed E-state index contributed by atoms with van der Waals surface area (Å²) in [7, 11) is 1.55. The first kappa shape index (κ1) is 13.6. The van der Waals surface area contributed by atoms with Gasteiger partial charge in [0.2, 0.25) is 0 Å². The van der Waals surface area contributed by atoms with Crippen molar-refractivity contribution in [2.24, 2.45) is 0 Å². The van der Waals surface area contributed by atoms with E-state index in [-0.39, 0.29) is 0 Å². The highest BCUT2D eigenvalue weighted by Crippen LogP contribution is 2.32. The Kier molecular flexibility index (Phi) is 4.20. The number of carbonyl (C=O) groups excluding carboxylic acids is 2. The molecule has 1 amide bonds. The number of fused-ring (bicyclic) bond motifs is 1. The van der Waals surface area contributed by atoms with Crippen LogP contribution in [0.3, 0.4) is 0 Å². The smallest absolute Gasteiger partial charge is 0.299 e. The molecule has 4 nitrogen and oxygen atoms in total. The van der Waals surface area contributed by atoms with Gasteiger partial charge in [0, 0.05) is 6.54 Å². The minimum atomic E-state index is -0.426. The van der Waals surface area contributed by atoms with Crippen molar-refractivity contribution in [3.05, 3.63) is 23.8 Å². The van der Waals surface area contributed by atoms with Gasteiger partial charge in [-0.3, -0.25) is 9.59 Å². The number of anilines is 1. The summed E-state index contributed by atoms with van der Waals surface area (Å²) < 4.78 is 5.09. The molecule has 0 unspecified atom stereocenters. The Morgan fingerprint density at radius 3 is 2.63 bits per heavy atom. The molecule has 0 spiro atoms. The second-order valence-corrected chi connectivity index (χ2v) is 4.73. The summed E-state index contributed by atoms with van der Waals surface area (Å²) in [5.41, 5.74) is 1.17. The fourth-order valence-corrected chi connectivity index (χ4v) is 2.33. The van der Waals surface area contributed by atoms with Crippen LogP contribution in [-0.2, 0) is 4.79 Å². The molecule has 4 heteroatoms. The Labute approximate surface area is 113 Å². The topological polar surface area (TPSA) is 46.6 Å². The van der Waals surface area contributed by atoms with Crippen LogP contribution in [0.4, 0.5) is 5.69 Å². The van der Waals surface area contributed by atoms with Crippen molar-refractivity contribution in [2.75, 3.05) is 18.6 Å². The highest BCUT2D eigenvalue weighted by atomic mass is 16.5. The monoisotopic (exact) mass is 261 g/mol. The summed E-state index contributed by atoms with van der Waals surface area (Å²) >= 11 is 0. The molecule has 1 aromatic rings. The van der Waals surface area contributed by atoms with E-state index in [1.165, 1.54) is 0 Å². The molecule has 1 heterocycles. The lowest BCUT2D eigenvalue weighted by molar-refractivity contribution is -0.114. The number of nitrogens with zero attached hydrogens (tertiary/aromatic N) is 1. The first-order valence-corrected chi connectivity index (χ1v) is 6.73. The second-order valence-electron chi connectivity index (χ2n) is 4.73. The maximum atomic E-state index is 12.0. The van der Waals surface area contributed by atoms with Crippen molar-refractivity contribution in [3.63, 3.8) is 0 Å². The van der Waals surface area contributed by atoms with Gasteiger partial charge in [-0.05, 0) is 24.6 Å². The van der Waals surface area contributed by atoms with Crippen LogP contribution >= 0.6 is 0 Å². The highest BCUT2D eigenvalue weighted by Gasteiger charge is 2.35. The quantitative estimate of drug-likeness (QED) is 0.584. The molecular weight excluding hydrogens is 242 g/mol. The normalized spacial score (nSPS) is 13.9. The summed E-state index contributed by atoms with van der Waals surface area (Å²) in [6.45, 7) is 2.76. The molecule has 2 rings (SSSR count). The van der Waals surface area contributed by atoms with Crippen molar-refractivity contribution >= 4 is 17.4 Å². The Morgan fingerprint density at radius 1 is 1.16 bits per heavy atom. The number of hydrogen-bond donors (Lipinski definition) is 0. The Bertz CT molecular complexity index is 496. The standard InChI is InChI=1S/C15H19NO3/c1-3-4-5-6-9-16-13-8-7-11(19-2)10-12(13)14(17)15(16)18/h7-8,10H,3-6,9H2,1-2H3. The van der Waals surface area contributed by atoms with Crippen LogP contribution in [0.5, 0.6) is 5.75 Å². The zero-order valence-corrected chi connectivity index (χ0v) is 11.4. The van der Waals surface area contributed by atoms with E-state index in [9.17, 15) is 9.59 Å². The molecule has 0 saturated heterocycles. The van der Waals surface area contributed by atoms with Crippen LogP contribution < -0.4 is 9.64 Å². The van der Waals surface area contributed by atoms with E-state index in [1.807, 2.05) is 0 Å². The van der Waals surface area contributed by atoms with Crippen LogP contribution in [0.15, 0.2) is 18.2 Å². The first-order chi connectivity index (χ1) is 9.19. The lowest BCUT2D eigenvalue weighted by Crippen LogP contribution is -2.30. The van der Waals surface area contributed by atoms with Gasteiger partial charge in [-0.25, -0.2) is 0 Å². The number of ether oxygens (including phenoxy) is 1. The van der Waals surface area contributed by atoms with Gasteiger partial charge in [0.25, 0.3) is 11.7 Å². The summed E-state index contributed by atoms with van der Waals surface area (Å²) in [5.74, 6) is -0.239. The molecular formula is C15H19NO3. The number of benzene rings is 1. The van der Waals surface area contributed by atoms with Crippen molar-refractivity contribution in [2.45, 2.75) is 32.6 Å². The van der Waals surface area contributed by atoms with Crippen LogP contribution in [0.25, 0.3) is 0 Å². The minimum absolute atomic E-state index is 0.417. The zero-order chi connectivity index (χ0) is 13.8. The molecule has 1 aliphatic heterocycles. The minimum Gasteiger partial charge on any atom is -0.497 e. The zero-order valence-electron chi connectivity index (χ0n) is 11.4. The molecule has 0 saturated carbocycles.